The minimum atomic E-state index is -2.55. The van der Waals surface area contributed by atoms with Crippen molar-refractivity contribution < 1.29 is 21.7 Å². The van der Waals surface area contributed by atoms with Gasteiger partial charge in [0, 0.05) is 63.0 Å². The maximum Gasteiger partial charge on any atom is 0.135 e. The first-order chi connectivity index (χ1) is 39.3. The zero-order valence-corrected chi connectivity index (χ0v) is 42.7. The van der Waals surface area contributed by atoms with E-state index in [9.17, 15) is 13.2 Å². The van der Waals surface area contributed by atoms with Crippen LogP contribution in [0.5, 0.6) is 0 Å². The van der Waals surface area contributed by atoms with Crippen LogP contribution in [0, 0.1) is 48.9 Å². The lowest BCUT2D eigenvalue weighted by Gasteiger charge is -2.18. The molecule has 78 heavy (non-hydrogen) atoms. The van der Waals surface area contributed by atoms with E-state index in [1.54, 1.807) is 6.20 Å². The fourth-order valence-electron chi connectivity index (χ4n) is 11.9. The summed E-state index contributed by atoms with van der Waals surface area (Å²) in [5.74, 6) is -0.989. The molecule has 3 heterocycles. The SMILES string of the molecule is [2H]C([2H])([2H])c1cc(-c2ccc(F)cc2F)ncc1CCc1cc(CCc2cnc(-c3ccc(F)cc3F)cc2C)cc(-c2ccccc2-c2cnc(-c3ccc4c(c3)C3C=CC5C(C=C3)C45)cc2-c2ccc(-c3ccccc3)cc2)c1. The van der Waals surface area contributed by atoms with Crippen molar-refractivity contribution in [2.24, 2.45) is 11.8 Å². The highest BCUT2D eigenvalue weighted by Crippen LogP contribution is 2.61. The molecule has 4 aliphatic carbocycles. The molecule has 7 aromatic carbocycles. The molecule has 7 heteroatoms. The molecule has 3 aromatic heterocycles. The lowest BCUT2D eigenvalue weighted by Crippen LogP contribution is -2.01. The molecule has 1 fully saturated rings. The van der Waals surface area contributed by atoms with Gasteiger partial charge in [0.05, 0.1) is 17.1 Å². The number of allylic oxidation sites excluding steroid dienone is 4. The van der Waals surface area contributed by atoms with Gasteiger partial charge in [0.1, 0.15) is 23.3 Å². The van der Waals surface area contributed by atoms with E-state index in [1.165, 1.54) is 41.6 Å². The number of hydrogen-bond acceptors (Lipinski definition) is 3. The Morgan fingerprint density at radius 3 is 1.60 bits per heavy atom. The molecular weight excluding hydrogens is 971 g/mol. The molecule has 3 nitrogen and oxygen atoms in total. The molecule has 2 atom stereocenters. The van der Waals surface area contributed by atoms with Crippen LogP contribution in [0.1, 0.15) is 60.5 Å². The Morgan fingerprint density at radius 2 is 0.962 bits per heavy atom. The third-order valence-electron chi connectivity index (χ3n) is 16.1. The van der Waals surface area contributed by atoms with E-state index in [1.807, 2.05) is 43.5 Å². The van der Waals surface area contributed by atoms with Crippen LogP contribution in [0.4, 0.5) is 17.6 Å². The molecule has 380 valence electrons. The molecule has 4 aliphatic rings. The number of nitrogens with zero attached hydrogens (tertiary/aromatic N) is 3. The molecule has 4 bridgehead atoms. The first-order valence-electron chi connectivity index (χ1n) is 28.0. The fraction of sp³-hybridized carbons (Fsp3) is 0.141. The van der Waals surface area contributed by atoms with Gasteiger partial charge in [-0.25, -0.2) is 17.6 Å². The van der Waals surface area contributed by atoms with E-state index in [0.29, 0.717) is 54.7 Å². The van der Waals surface area contributed by atoms with Gasteiger partial charge in [0.25, 0.3) is 0 Å². The summed E-state index contributed by atoms with van der Waals surface area (Å²) in [4.78, 5) is 14.4. The van der Waals surface area contributed by atoms with E-state index in [2.05, 4.69) is 131 Å². The first-order valence-corrected chi connectivity index (χ1v) is 26.5. The van der Waals surface area contributed by atoms with Crippen molar-refractivity contribution >= 4 is 0 Å². The van der Waals surface area contributed by atoms with Gasteiger partial charge in [-0.15, -0.1) is 0 Å². The predicted octanol–water partition coefficient (Wildman–Crippen LogP) is 17.8. The second kappa shape index (κ2) is 20.3. The summed E-state index contributed by atoms with van der Waals surface area (Å²) in [7, 11) is 0. The van der Waals surface area contributed by atoms with Gasteiger partial charge in [0.2, 0.25) is 0 Å². The second-order valence-corrected chi connectivity index (χ2v) is 20.9. The Morgan fingerprint density at radius 1 is 0.397 bits per heavy atom. The van der Waals surface area contributed by atoms with Crippen molar-refractivity contribution in [2.75, 3.05) is 0 Å². The summed E-state index contributed by atoms with van der Waals surface area (Å²) in [5.41, 5.74) is 18.1. The predicted molar refractivity (Wildman–Crippen MR) is 306 cm³/mol. The lowest BCUT2D eigenvalue weighted by molar-refractivity contribution is 0.584. The van der Waals surface area contributed by atoms with Gasteiger partial charge < -0.3 is 0 Å². The maximum absolute atomic E-state index is 15.0. The molecule has 0 amide bonds. The Labute approximate surface area is 456 Å². The van der Waals surface area contributed by atoms with Crippen LogP contribution in [0.25, 0.3) is 78.3 Å². The van der Waals surface area contributed by atoms with Crippen LogP contribution in [0.15, 0.2) is 213 Å². The number of aryl methyl sites for hydroxylation is 6. The number of pyridine rings is 3. The summed E-state index contributed by atoms with van der Waals surface area (Å²) in [6, 6.07) is 53.0. The topological polar surface area (TPSA) is 38.7 Å². The van der Waals surface area contributed by atoms with Gasteiger partial charge in [-0.05, 0) is 189 Å². The Kier molecular flexibility index (Phi) is 11.8. The Bertz CT molecular complexity index is 4130. The van der Waals surface area contributed by atoms with Crippen LogP contribution >= 0.6 is 0 Å². The maximum atomic E-state index is 15.0. The molecule has 0 saturated heterocycles. The molecule has 10 aromatic rings. The van der Waals surface area contributed by atoms with E-state index >= 15 is 4.39 Å². The molecule has 14 rings (SSSR count). The van der Waals surface area contributed by atoms with Crippen LogP contribution < -0.4 is 0 Å². The highest BCUT2D eigenvalue weighted by molar-refractivity contribution is 5.93. The number of aromatic nitrogens is 3. The van der Waals surface area contributed by atoms with E-state index in [0.717, 1.165) is 96.2 Å². The average Bonchev–Trinajstić information content (AvgIpc) is 4.35. The van der Waals surface area contributed by atoms with Crippen LogP contribution in [0.2, 0.25) is 0 Å². The smallest absolute Gasteiger partial charge is 0.135 e. The van der Waals surface area contributed by atoms with Gasteiger partial charge in [0.15, 0.2) is 0 Å². The van der Waals surface area contributed by atoms with Crippen molar-refractivity contribution in [3.63, 3.8) is 0 Å². The number of benzene rings is 7. The van der Waals surface area contributed by atoms with Crippen molar-refractivity contribution in [1.29, 1.82) is 0 Å². The van der Waals surface area contributed by atoms with Crippen molar-refractivity contribution in [3.8, 4) is 78.3 Å². The molecular formula is C71H53F4N3. The van der Waals surface area contributed by atoms with Crippen LogP contribution in [0.3, 0.4) is 0 Å². The molecule has 0 spiro atoms. The monoisotopic (exact) mass is 1030 g/mol. The van der Waals surface area contributed by atoms with Crippen LogP contribution in [-0.2, 0) is 25.7 Å². The normalized spacial score (nSPS) is 17.4. The summed E-state index contributed by atoms with van der Waals surface area (Å²) < 4.78 is 83.2. The average molecular weight is 1030 g/mol. The molecule has 2 unspecified atom stereocenters. The minimum Gasteiger partial charge on any atom is -0.256 e. The Hall–Kier alpha value is -8.81. The highest BCUT2D eigenvalue weighted by Gasteiger charge is 2.51. The zero-order valence-electron chi connectivity index (χ0n) is 45.7. The van der Waals surface area contributed by atoms with E-state index in [-0.39, 0.29) is 28.3 Å². The van der Waals surface area contributed by atoms with Crippen molar-refractivity contribution in [3.05, 3.63) is 281 Å². The zero-order chi connectivity index (χ0) is 55.5. The third kappa shape index (κ3) is 9.48. The summed E-state index contributed by atoms with van der Waals surface area (Å²) >= 11 is 0. The quantitative estimate of drug-likeness (QED) is 0.0853. The largest absolute Gasteiger partial charge is 0.256 e. The van der Waals surface area contributed by atoms with Crippen molar-refractivity contribution in [1.82, 2.24) is 15.0 Å². The summed E-state index contributed by atoms with van der Waals surface area (Å²) in [6.07, 6.45) is 16.8. The number of rotatable bonds is 13. The lowest BCUT2D eigenvalue weighted by atomic mass is 9.87. The molecule has 0 radical (unpaired) electrons. The standard InChI is InChI=1S/C71H53F4N3/c1-42-30-69(61-28-23-54(72)36-66(61)74)76-39-51(42)14-12-44-32-45(13-15-52-40-77-70(31-43(52)2)62-29-24-55(73)37-67(62)75)34-53(33-44)56-10-6-7-11-57(56)65-41-78-68(38-64(65)48-18-16-47(17-19-48)46-8-4-3-5-9-46)50-22-27-60-63(35-50)49-20-25-58-59(26-21-49)71(58)60/h3-11,16-41,49,58-59,71H,12-15H2,1-2H3/i1D3. The van der Waals surface area contributed by atoms with Gasteiger partial charge in [-0.2, -0.15) is 0 Å². The van der Waals surface area contributed by atoms with Crippen molar-refractivity contribution in [2.45, 2.75) is 51.3 Å². The van der Waals surface area contributed by atoms with Crippen LogP contribution in [-0.4, -0.2) is 15.0 Å². The summed E-state index contributed by atoms with van der Waals surface area (Å²) in [6.45, 7) is -0.581. The second-order valence-electron chi connectivity index (χ2n) is 20.9. The van der Waals surface area contributed by atoms with Gasteiger partial charge in [-0.3, -0.25) is 15.0 Å². The first kappa shape index (κ1) is 45.4. The van der Waals surface area contributed by atoms with Gasteiger partial charge >= 0.3 is 0 Å². The minimum absolute atomic E-state index is 0.0106. The molecule has 0 N–H and O–H groups in total. The fourth-order valence-corrected chi connectivity index (χ4v) is 11.9. The number of halogens is 4. The Balaban J connectivity index is 0.896. The van der Waals surface area contributed by atoms with E-state index in [4.69, 9.17) is 9.10 Å². The summed E-state index contributed by atoms with van der Waals surface area (Å²) in [5, 5.41) is 0. The third-order valence-corrected chi connectivity index (χ3v) is 16.1. The molecule has 0 aliphatic heterocycles. The van der Waals surface area contributed by atoms with Gasteiger partial charge in [-0.1, -0.05) is 133 Å². The van der Waals surface area contributed by atoms with E-state index < -0.39 is 30.1 Å². The molecule has 1 saturated carbocycles. The highest BCUT2D eigenvalue weighted by atomic mass is 19.1. The number of hydrogen-bond donors (Lipinski definition) is 0.